The van der Waals surface area contributed by atoms with E-state index in [2.05, 4.69) is 40.3 Å². The number of hydrogen-bond acceptors (Lipinski definition) is 4. The Morgan fingerprint density at radius 1 is 1.19 bits per heavy atom. The van der Waals surface area contributed by atoms with E-state index in [0.717, 1.165) is 21.3 Å². The standard InChI is InChI=1S/C20H23BrN2O3/c1-4-25-18-8-6-5-7-15(18)12-22-23-20(24)13-26-19-10-9-16(21)11-17(19)14(2)3/h5-12,14H,4,13H2,1-3H3,(H,23,24)/b22-12+. The van der Waals surface area contributed by atoms with E-state index in [4.69, 9.17) is 9.47 Å². The number of carbonyl (C=O) groups excluding carboxylic acids is 1. The Morgan fingerprint density at radius 3 is 2.69 bits per heavy atom. The van der Waals surface area contributed by atoms with Crippen molar-refractivity contribution in [3.63, 3.8) is 0 Å². The smallest absolute Gasteiger partial charge is 0.277 e. The highest BCUT2D eigenvalue weighted by atomic mass is 79.9. The Hall–Kier alpha value is -2.34. The van der Waals surface area contributed by atoms with Gasteiger partial charge in [-0.3, -0.25) is 4.79 Å². The van der Waals surface area contributed by atoms with Crippen LogP contribution in [0.2, 0.25) is 0 Å². The van der Waals surface area contributed by atoms with Crippen LogP contribution in [0, 0.1) is 0 Å². The van der Waals surface area contributed by atoms with Crippen molar-refractivity contribution in [2.45, 2.75) is 26.7 Å². The quantitative estimate of drug-likeness (QED) is 0.506. The van der Waals surface area contributed by atoms with Crippen LogP contribution in [0.3, 0.4) is 0 Å². The molecule has 1 amide bonds. The molecule has 0 aliphatic heterocycles. The molecule has 0 aromatic heterocycles. The van der Waals surface area contributed by atoms with E-state index >= 15 is 0 Å². The minimum absolute atomic E-state index is 0.105. The molecule has 0 saturated carbocycles. The van der Waals surface area contributed by atoms with Gasteiger partial charge in [-0.15, -0.1) is 0 Å². The average Bonchev–Trinajstić information content (AvgIpc) is 2.62. The lowest BCUT2D eigenvalue weighted by Crippen LogP contribution is -2.25. The van der Waals surface area contributed by atoms with E-state index in [1.54, 1.807) is 6.21 Å². The molecule has 0 aliphatic rings. The van der Waals surface area contributed by atoms with Crippen LogP contribution in [0.4, 0.5) is 0 Å². The second-order valence-corrected chi connectivity index (χ2v) is 6.81. The first-order valence-electron chi connectivity index (χ1n) is 8.47. The fourth-order valence-corrected chi connectivity index (χ4v) is 2.70. The van der Waals surface area contributed by atoms with Crippen LogP contribution in [0.15, 0.2) is 52.0 Å². The van der Waals surface area contributed by atoms with Gasteiger partial charge in [0.15, 0.2) is 6.61 Å². The number of amides is 1. The maximum atomic E-state index is 12.0. The molecule has 6 heteroatoms. The van der Waals surface area contributed by atoms with Gasteiger partial charge in [-0.1, -0.05) is 41.9 Å². The molecule has 2 aromatic carbocycles. The summed E-state index contributed by atoms with van der Waals surface area (Å²) in [7, 11) is 0. The van der Waals surface area contributed by atoms with Crippen molar-refractivity contribution in [2.24, 2.45) is 5.10 Å². The van der Waals surface area contributed by atoms with Gasteiger partial charge in [-0.05, 0) is 48.7 Å². The van der Waals surface area contributed by atoms with Gasteiger partial charge >= 0.3 is 0 Å². The van der Waals surface area contributed by atoms with Crippen molar-refractivity contribution in [2.75, 3.05) is 13.2 Å². The Kier molecular flexibility index (Phi) is 7.66. The molecule has 0 atom stereocenters. The zero-order valence-electron chi connectivity index (χ0n) is 15.2. The van der Waals surface area contributed by atoms with E-state index in [9.17, 15) is 4.79 Å². The lowest BCUT2D eigenvalue weighted by atomic mass is 10.0. The molecule has 0 fully saturated rings. The number of halogens is 1. The number of ether oxygens (including phenoxy) is 2. The maximum absolute atomic E-state index is 12.0. The zero-order chi connectivity index (χ0) is 18.9. The summed E-state index contributed by atoms with van der Waals surface area (Å²) < 4.78 is 12.1. The Balaban J connectivity index is 1.92. The third kappa shape index (κ3) is 5.88. The fraction of sp³-hybridized carbons (Fsp3) is 0.300. The lowest BCUT2D eigenvalue weighted by Gasteiger charge is -2.14. The largest absolute Gasteiger partial charge is 0.493 e. The van der Waals surface area contributed by atoms with Crippen LogP contribution in [0.5, 0.6) is 11.5 Å². The van der Waals surface area contributed by atoms with Crippen LogP contribution < -0.4 is 14.9 Å². The van der Waals surface area contributed by atoms with Crippen molar-refractivity contribution in [3.8, 4) is 11.5 Å². The van der Waals surface area contributed by atoms with Crippen LogP contribution >= 0.6 is 15.9 Å². The fourth-order valence-electron chi connectivity index (χ4n) is 2.33. The van der Waals surface area contributed by atoms with Gasteiger partial charge in [0.05, 0.1) is 12.8 Å². The van der Waals surface area contributed by atoms with Crippen LogP contribution in [-0.2, 0) is 4.79 Å². The predicted molar refractivity (Wildman–Crippen MR) is 107 cm³/mol. The molecule has 0 bridgehead atoms. The van der Waals surface area contributed by atoms with Gasteiger partial charge in [0, 0.05) is 10.0 Å². The molecule has 0 heterocycles. The Bertz CT molecular complexity index is 775. The number of benzene rings is 2. The van der Waals surface area contributed by atoms with E-state index in [-0.39, 0.29) is 12.5 Å². The summed E-state index contributed by atoms with van der Waals surface area (Å²) in [6, 6.07) is 13.2. The van der Waals surface area contributed by atoms with Gasteiger partial charge in [-0.2, -0.15) is 5.10 Å². The summed E-state index contributed by atoms with van der Waals surface area (Å²) in [6.07, 6.45) is 1.56. The third-order valence-electron chi connectivity index (χ3n) is 3.56. The van der Waals surface area contributed by atoms with Crippen molar-refractivity contribution in [3.05, 3.63) is 58.1 Å². The van der Waals surface area contributed by atoms with E-state index in [1.165, 1.54) is 0 Å². The van der Waals surface area contributed by atoms with Crippen molar-refractivity contribution < 1.29 is 14.3 Å². The number of nitrogens with zero attached hydrogens (tertiary/aromatic N) is 1. The summed E-state index contributed by atoms with van der Waals surface area (Å²) in [5.41, 5.74) is 4.31. The number of hydrazone groups is 1. The Morgan fingerprint density at radius 2 is 1.96 bits per heavy atom. The molecule has 1 N–H and O–H groups in total. The summed E-state index contributed by atoms with van der Waals surface area (Å²) in [5, 5.41) is 3.98. The molecule has 138 valence electrons. The molecule has 0 aliphatic carbocycles. The van der Waals surface area contributed by atoms with E-state index in [1.807, 2.05) is 49.4 Å². The van der Waals surface area contributed by atoms with Crippen LogP contribution in [0.1, 0.15) is 37.8 Å². The molecule has 0 spiro atoms. The van der Waals surface area contributed by atoms with Gasteiger partial charge < -0.3 is 9.47 Å². The monoisotopic (exact) mass is 418 g/mol. The summed E-state index contributed by atoms with van der Waals surface area (Å²) in [6.45, 7) is 6.53. The third-order valence-corrected chi connectivity index (χ3v) is 4.06. The number of hydrogen-bond donors (Lipinski definition) is 1. The highest BCUT2D eigenvalue weighted by molar-refractivity contribution is 9.10. The van der Waals surface area contributed by atoms with Gasteiger partial charge in [0.25, 0.3) is 5.91 Å². The number of carbonyl (C=O) groups is 1. The van der Waals surface area contributed by atoms with Gasteiger partial charge in [-0.25, -0.2) is 5.43 Å². The number of rotatable bonds is 8. The summed E-state index contributed by atoms with van der Waals surface area (Å²) >= 11 is 3.45. The van der Waals surface area contributed by atoms with Gasteiger partial charge in [0.1, 0.15) is 11.5 Å². The average molecular weight is 419 g/mol. The van der Waals surface area contributed by atoms with Gasteiger partial charge in [0.2, 0.25) is 0 Å². The first kappa shape index (κ1) is 20.0. The minimum Gasteiger partial charge on any atom is -0.493 e. The minimum atomic E-state index is -0.326. The summed E-state index contributed by atoms with van der Waals surface area (Å²) in [4.78, 5) is 12.0. The second-order valence-electron chi connectivity index (χ2n) is 5.89. The van der Waals surface area contributed by atoms with Crippen molar-refractivity contribution in [1.82, 2.24) is 5.43 Å². The first-order chi connectivity index (χ1) is 12.5. The molecule has 26 heavy (non-hydrogen) atoms. The molecule has 0 unspecified atom stereocenters. The number of nitrogens with one attached hydrogen (secondary N) is 1. The molecule has 0 saturated heterocycles. The zero-order valence-corrected chi connectivity index (χ0v) is 16.7. The van der Waals surface area contributed by atoms with Crippen LogP contribution in [0.25, 0.3) is 0 Å². The predicted octanol–water partition coefficient (Wildman–Crippen LogP) is 4.50. The van der Waals surface area contributed by atoms with Crippen LogP contribution in [-0.4, -0.2) is 25.3 Å². The Labute approximate surface area is 162 Å². The topological polar surface area (TPSA) is 59.9 Å². The van der Waals surface area contributed by atoms with E-state index < -0.39 is 0 Å². The lowest BCUT2D eigenvalue weighted by molar-refractivity contribution is -0.123. The molecule has 2 aromatic rings. The molecular formula is C20H23BrN2O3. The van der Waals surface area contributed by atoms with E-state index in [0.29, 0.717) is 18.3 Å². The number of para-hydroxylation sites is 1. The molecule has 5 nitrogen and oxygen atoms in total. The highest BCUT2D eigenvalue weighted by Gasteiger charge is 2.10. The van der Waals surface area contributed by atoms with Crippen molar-refractivity contribution >= 4 is 28.1 Å². The van der Waals surface area contributed by atoms with Crippen molar-refractivity contribution in [1.29, 1.82) is 0 Å². The maximum Gasteiger partial charge on any atom is 0.277 e. The SMILES string of the molecule is CCOc1ccccc1/C=N/NC(=O)COc1ccc(Br)cc1C(C)C. The highest BCUT2D eigenvalue weighted by Crippen LogP contribution is 2.29. The first-order valence-corrected chi connectivity index (χ1v) is 9.26. The molecule has 0 radical (unpaired) electrons. The molecular weight excluding hydrogens is 396 g/mol. The molecule has 2 rings (SSSR count). The second kappa shape index (κ2) is 9.97. The summed E-state index contributed by atoms with van der Waals surface area (Å²) in [5.74, 6) is 1.39. The normalized spacial score (nSPS) is 11.0.